The van der Waals surface area contributed by atoms with E-state index < -0.39 is 22.3 Å². The second-order valence-electron chi connectivity index (χ2n) is 4.23. The van der Waals surface area contributed by atoms with Gasteiger partial charge >= 0.3 is 0 Å². The van der Waals surface area contributed by atoms with Crippen LogP contribution in [0.2, 0.25) is 0 Å². The summed E-state index contributed by atoms with van der Waals surface area (Å²) in [7, 11) is 0. The van der Waals surface area contributed by atoms with Gasteiger partial charge in [-0.2, -0.15) is 0 Å². The maximum absolute atomic E-state index is 13.2. The molecule has 2 rings (SSSR count). The minimum atomic E-state index is -0.715. The van der Waals surface area contributed by atoms with E-state index in [4.69, 9.17) is 0 Å². The maximum Gasteiger partial charge on any atom is 0.282 e. The Morgan fingerprint density at radius 2 is 2.05 bits per heavy atom. The average Bonchev–Trinajstić information content (AvgIpc) is 2.44. The number of hydrogen-bond acceptors (Lipinski definition) is 3. The molecule has 1 amide bonds. The van der Waals surface area contributed by atoms with Crippen molar-refractivity contribution in [2.24, 2.45) is 0 Å². The summed E-state index contributed by atoms with van der Waals surface area (Å²) in [6.07, 6.45) is 0. The van der Waals surface area contributed by atoms with Crippen molar-refractivity contribution in [3.05, 3.63) is 74.0 Å². The van der Waals surface area contributed by atoms with Crippen molar-refractivity contribution >= 4 is 27.5 Å². The normalized spacial score (nSPS) is 10.2. The first kappa shape index (κ1) is 15.1. The van der Waals surface area contributed by atoms with Crippen LogP contribution in [-0.2, 0) is 6.54 Å². The van der Waals surface area contributed by atoms with Gasteiger partial charge in [0.05, 0.1) is 4.92 Å². The maximum atomic E-state index is 13.2. The summed E-state index contributed by atoms with van der Waals surface area (Å²) in [5.74, 6) is -1.39. The third kappa shape index (κ3) is 3.85. The van der Waals surface area contributed by atoms with Crippen molar-refractivity contribution in [1.29, 1.82) is 0 Å². The molecule has 0 aliphatic heterocycles. The van der Waals surface area contributed by atoms with Crippen molar-refractivity contribution in [2.45, 2.75) is 6.54 Å². The molecule has 0 unspecified atom stereocenters. The predicted molar refractivity (Wildman–Crippen MR) is 78.4 cm³/mol. The minimum absolute atomic E-state index is 0.186. The van der Waals surface area contributed by atoms with E-state index in [9.17, 15) is 19.3 Å². The SMILES string of the molecule is O=C(NCc1cccc(Br)c1)c1cc(F)ccc1[N+](=O)[O-]. The molecule has 0 aromatic heterocycles. The summed E-state index contributed by atoms with van der Waals surface area (Å²) < 4.78 is 14.0. The van der Waals surface area contributed by atoms with Gasteiger partial charge in [0.2, 0.25) is 0 Å². The molecule has 0 aliphatic carbocycles. The van der Waals surface area contributed by atoms with Gasteiger partial charge < -0.3 is 5.32 Å². The molecule has 0 aliphatic rings. The van der Waals surface area contributed by atoms with Crippen LogP contribution in [0.15, 0.2) is 46.9 Å². The number of hydrogen-bond donors (Lipinski definition) is 1. The number of benzene rings is 2. The number of amides is 1. The Labute approximate surface area is 128 Å². The molecule has 0 bridgehead atoms. The molecule has 0 saturated carbocycles. The van der Waals surface area contributed by atoms with Crippen molar-refractivity contribution in [2.75, 3.05) is 0 Å². The fourth-order valence-electron chi connectivity index (χ4n) is 1.77. The summed E-state index contributed by atoms with van der Waals surface area (Å²) >= 11 is 3.30. The van der Waals surface area contributed by atoms with Crippen molar-refractivity contribution < 1.29 is 14.1 Å². The van der Waals surface area contributed by atoms with Gasteiger partial charge in [-0.3, -0.25) is 14.9 Å². The standard InChI is InChI=1S/C14H10BrFN2O3/c15-10-3-1-2-9(6-10)8-17-14(19)12-7-11(16)4-5-13(12)18(20)21/h1-7H,8H2,(H,17,19). The summed E-state index contributed by atoms with van der Waals surface area (Å²) in [5, 5.41) is 13.4. The zero-order valence-corrected chi connectivity index (χ0v) is 12.3. The van der Waals surface area contributed by atoms with Crippen LogP contribution in [0.25, 0.3) is 0 Å². The minimum Gasteiger partial charge on any atom is -0.348 e. The lowest BCUT2D eigenvalue weighted by Gasteiger charge is -2.06. The molecule has 7 heteroatoms. The fourth-order valence-corrected chi connectivity index (χ4v) is 2.22. The Bertz CT molecular complexity index is 706. The molecule has 21 heavy (non-hydrogen) atoms. The van der Waals surface area contributed by atoms with Crippen molar-refractivity contribution in [3.63, 3.8) is 0 Å². The smallest absolute Gasteiger partial charge is 0.282 e. The quantitative estimate of drug-likeness (QED) is 0.676. The highest BCUT2D eigenvalue weighted by Gasteiger charge is 2.20. The number of nitrogens with zero attached hydrogens (tertiary/aromatic N) is 1. The zero-order valence-electron chi connectivity index (χ0n) is 10.7. The van der Waals surface area contributed by atoms with E-state index in [-0.39, 0.29) is 12.1 Å². The Kier molecular flexibility index (Phi) is 4.64. The lowest BCUT2D eigenvalue weighted by molar-refractivity contribution is -0.385. The zero-order chi connectivity index (χ0) is 15.4. The van der Waals surface area contributed by atoms with E-state index in [2.05, 4.69) is 21.2 Å². The van der Waals surface area contributed by atoms with Gasteiger partial charge in [-0.15, -0.1) is 0 Å². The Morgan fingerprint density at radius 1 is 1.29 bits per heavy atom. The molecule has 0 heterocycles. The molecule has 5 nitrogen and oxygen atoms in total. The predicted octanol–water partition coefficient (Wildman–Crippen LogP) is 3.43. The monoisotopic (exact) mass is 352 g/mol. The Morgan fingerprint density at radius 3 is 2.71 bits per heavy atom. The average molecular weight is 353 g/mol. The molecule has 1 N–H and O–H groups in total. The van der Waals surface area contributed by atoms with Crippen LogP contribution < -0.4 is 5.32 Å². The molecule has 0 radical (unpaired) electrons. The summed E-state index contributed by atoms with van der Waals surface area (Å²) in [4.78, 5) is 22.1. The number of nitrogens with one attached hydrogen (secondary N) is 1. The molecule has 0 atom stereocenters. The molecule has 0 spiro atoms. The van der Waals surface area contributed by atoms with Crippen LogP contribution in [0.4, 0.5) is 10.1 Å². The fraction of sp³-hybridized carbons (Fsp3) is 0.0714. The Balaban J connectivity index is 2.17. The van der Waals surface area contributed by atoms with E-state index in [0.717, 1.165) is 28.2 Å². The molecule has 0 fully saturated rings. The number of carbonyl (C=O) groups excluding carboxylic acids is 1. The summed E-state index contributed by atoms with van der Waals surface area (Å²) in [5.41, 5.74) is 0.0925. The van der Waals surface area contributed by atoms with Gasteiger partial charge in [0.25, 0.3) is 11.6 Å². The van der Waals surface area contributed by atoms with E-state index >= 15 is 0 Å². The van der Waals surface area contributed by atoms with E-state index in [1.165, 1.54) is 0 Å². The van der Waals surface area contributed by atoms with Crippen LogP contribution in [0, 0.1) is 15.9 Å². The van der Waals surface area contributed by atoms with Crippen LogP contribution in [0.1, 0.15) is 15.9 Å². The molecule has 0 saturated heterocycles. The first-order valence-corrected chi connectivity index (χ1v) is 6.73. The lowest BCUT2D eigenvalue weighted by atomic mass is 10.1. The van der Waals surface area contributed by atoms with Crippen LogP contribution >= 0.6 is 15.9 Å². The molecular weight excluding hydrogens is 343 g/mol. The van der Waals surface area contributed by atoms with E-state index in [1.54, 1.807) is 18.2 Å². The largest absolute Gasteiger partial charge is 0.348 e. The number of rotatable bonds is 4. The molecule has 2 aromatic carbocycles. The highest BCUT2D eigenvalue weighted by atomic mass is 79.9. The van der Waals surface area contributed by atoms with E-state index in [0.29, 0.717) is 0 Å². The van der Waals surface area contributed by atoms with Gasteiger partial charge in [0.1, 0.15) is 11.4 Å². The second-order valence-corrected chi connectivity index (χ2v) is 5.15. The number of nitro groups is 1. The number of carbonyl (C=O) groups is 1. The highest BCUT2D eigenvalue weighted by molar-refractivity contribution is 9.10. The van der Waals surface area contributed by atoms with Gasteiger partial charge in [0.15, 0.2) is 0 Å². The van der Waals surface area contributed by atoms with Crippen LogP contribution in [-0.4, -0.2) is 10.8 Å². The van der Waals surface area contributed by atoms with E-state index in [1.807, 2.05) is 6.07 Å². The number of nitro benzene ring substituents is 1. The molecule has 2 aromatic rings. The lowest BCUT2D eigenvalue weighted by Crippen LogP contribution is -2.23. The third-order valence-corrected chi connectivity index (χ3v) is 3.24. The second kappa shape index (κ2) is 6.45. The molecule has 108 valence electrons. The first-order valence-electron chi connectivity index (χ1n) is 5.94. The van der Waals surface area contributed by atoms with Gasteiger partial charge in [0, 0.05) is 17.1 Å². The summed E-state index contributed by atoms with van der Waals surface area (Å²) in [6, 6.07) is 10.0. The van der Waals surface area contributed by atoms with Crippen molar-refractivity contribution in [3.8, 4) is 0 Å². The van der Waals surface area contributed by atoms with Crippen LogP contribution in [0.5, 0.6) is 0 Å². The van der Waals surface area contributed by atoms with Gasteiger partial charge in [-0.05, 0) is 29.8 Å². The summed E-state index contributed by atoms with van der Waals surface area (Å²) in [6.45, 7) is 0.186. The third-order valence-electron chi connectivity index (χ3n) is 2.74. The highest BCUT2D eigenvalue weighted by Crippen LogP contribution is 2.19. The molecular formula is C14H10BrFN2O3. The topological polar surface area (TPSA) is 72.2 Å². The number of halogens is 2. The Hall–Kier alpha value is -2.28. The van der Waals surface area contributed by atoms with Crippen LogP contribution in [0.3, 0.4) is 0 Å². The van der Waals surface area contributed by atoms with Gasteiger partial charge in [-0.25, -0.2) is 4.39 Å². The first-order chi connectivity index (χ1) is 9.97. The van der Waals surface area contributed by atoms with Crippen molar-refractivity contribution in [1.82, 2.24) is 5.32 Å². The van der Waals surface area contributed by atoms with Gasteiger partial charge in [-0.1, -0.05) is 28.1 Å².